The van der Waals surface area contributed by atoms with Crippen molar-refractivity contribution >= 4 is 62.3 Å². The van der Waals surface area contributed by atoms with Crippen molar-refractivity contribution in [1.82, 2.24) is 10.2 Å². The Bertz CT molecular complexity index is 1230. The molecule has 1 N–H and O–H groups in total. The highest BCUT2D eigenvalue weighted by Crippen LogP contribution is 2.33. The molecule has 1 aliphatic rings. The Morgan fingerprint density at radius 1 is 1.11 bits per heavy atom. The number of rotatable bonds is 10. The molecule has 2 aromatic carbocycles. The van der Waals surface area contributed by atoms with Crippen LogP contribution in [0.1, 0.15) is 38.2 Å². The molecule has 12 heteroatoms. The van der Waals surface area contributed by atoms with Crippen LogP contribution in [0.15, 0.2) is 36.4 Å². The molecule has 0 heterocycles. The minimum Gasteiger partial charge on any atom is -0.495 e. The van der Waals surface area contributed by atoms with Crippen LogP contribution < -0.4 is 14.4 Å². The summed E-state index contributed by atoms with van der Waals surface area (Å²) in [4.78, 5) is 28.2. The highest BCUT2D eigenvalue weighted by Gasteiger charge is 2.33. The summed E-state index contributed by atoms with van der Waals surface area (Å²) in [5, 5.41) is 3.92. The van der Waals surface area contributed by atoms with Crippen LogP contribution in [0.25, 0.3) is 0 Å². The Morgan fingerprint density at radius 2 is 1.73 bits per heavy atom. The van der Waals surface area contributed by atoms with Gasteiger partial charge in [-0.2, -0.15) is 0 Å². The van der Waals surface area contributed by atoms with E-state index in [0.717, 1.165) is 36.2 Å². The Morgan fingerprint density at radius 3 is 2.30 bits per heavy atom. The van der Waals surface area contributed by atoms with E-state index in [-0.39, 0.29) is 35.0 Å². The van der Waals surface area contributed by atoms with Gasteiger partial charge in [0.15, 0.2) is 0 Å². The predicted octanol–water partition coefficient (Wildman–Crippen LogP) is 4.90. The predicted molar refractivity (Wildman–Crippen MR) is 147 cm³/mol. The number of methoxy groups -OCH3 is 1. The van der Waals surface area contributed by atoms with Crippen molar-refractivity contribution in [2.45, 2.75) is 51.2 Å². The zero-order chi connectivity index (χ0) is 27.3. The van der Waals surface area contributed by atoms with Gasteiger partial charge in [-0.05, 0) is 50.1 Å². The van der Waals surface area contributed by atoms with Crippen LogP contribution in [0.3, 0.4) is 0 Å². The molecule has 2 amide bonds. The van der Waals surface area contributed by atoms with E-state index < -0.39 is 28.5 Å². The Labute approximate surface area is 232 Å². The SMILES string of the molecule is COc1ccc(Cl)cc1N(CC(=O)N(Cc1c(Cl)cccc1Cl)[C@@H](C)C(=O)NC1CCCC1)S(C)(=O)=O. The average Bonchev–Trinajstić information content (AvgIpc) is 3.34. The first-order valence-electron chi connectivity index (χ1n) is 11.8. The monoisotopic (exact) mass is 589 g/mol. The molecule has 3 rings (SSSR count). The lowest BCUT2D eigenvalue weighted by molar-refractivity contribution is -0.139. The van der Waals surface area contributed by atoms with Gasteiger partial charge in [-0.25, -0.2) is 8.42 Å². The lowest BCUT2D eigenvalue weighted by Gasteiger charge is -2.32. The molecule has 0 aliphatic heterocycles. The fraction of sp³-hybridized carbons (Fsp3) is 0.440. The molecule has 202 valence electrons. The minimum atomic E-state index is -3.96. The molecule has 0 aromatic heterocycles. The number of hydrogen-bond donors (Lipinski definition) is 1. The van der Waals surface area contributed by atoms with Crippen molar-refractivity contribution in [3.05, 3.63) is 57.0 Å². The van der Waals surface area contributed by atoms with Crippen LogP contribution in [0.5, 0.6) is 5.75 Å². The van der Waals surface area contributed by atoms with Crippen molar-refractivity contribution in [3.8, 4) is 5.75 Å². The van der Waals surface area contributed by atoms with Gasteiger partial charge in [-0.1, -0.05) is 53.7 Å². The zero-order valence-electron chi connectivity index (χ0n) is 20.8. The molecule has 8 nitrogen and oxygen atoms in total. The van der Waals surface area contributed by atoms with Gasteiger partial charge in [-0.15, -0.1) is 0 Å². The highest BCUT2D eigenvalue weighted by atomic mass is 35.5. The standard InChI is InChI=1S/C25H30Cl3N3O5S/c1-16(25(33)29-18-7-4-5-8-18)30(14-19-20(27)9-6-10-21(19)28)24(32)15-31(37(3,34)35)22-13-17(26)11-12-23(22)36-2/h6,9-13,16,18H,4-5,7-8,14-15H2,1-3H3,(H,29,33)/t16-/m0/s1. The number of ether oxygens (including phenoxy) is 1. The third-order valence-electron chi connectivity index (χ3n) is 6.35. The normalized spacial score (nSPS) is 14.8. The smallest absolute Gasteiger partial charge is 0.244 e. The summed E-state index contributed by atoms with van der Waals surface area (Å²) in [5.41, 5.74) is 0.551. The summed E-state index contributed by atoms with van der Waals surface area (Å²) in [6.45, 7) is 0.900. The van der Waals surface area contributed by atoms with Crippen molar-refractivity contribution in [2.75, 3.05) is 24.2 Å². The first kappa shape index (κ1) is 29.4. The van der Waals surface area contributed by atoms with E-state index >= 15 is 0 Å². The molecule has 0 saturated heterocycles. The van der Waals surface area contributed by atoms with Gasteiger partial charge in [0, 0.05) is 33.2 Å². The van der Waals surface area contributed by atoms with Crippen LogP contribution in [0.4, 0.5) is 5.69 Å². The van der Waals surface area contributed by atoms with Gasteiger partial charge in [-0.3, -0.25) is 13.9 Å². The number of nitrogens with one attached hydrogen (secondary N) is 1. The number of carbonyl (C=O) groups excluding carboxylic acids is 2. The first-order valence-corrected chi connectivity index (χ1v) is 14.7. The fourth-order valence-corrected chi connectivity index (χ4v) is 5.81. The van der Waals surface area contributed by atoms with E-state index in [1.54, 1.807) is 31.2 Å². The molecule has 0 spiro atoms. The molecule has 1 fully saturated rings. The lowest BCUT2D eigenvalue weighted by Crippen LogP contribution is -2.52. The van der Waals surface area contributed by atoms with E-state index in [1.807, 2.05) is 0 Å². The molecule has 2 aromatic rings. The second kappa shape index (κ2) is 12.6. The number of hydrogen-bond acceptors (Lipinski definition) is 5. The molecular formula is C25H30Cl3N3O5S. The molecule has 1 aliphatic carbocycles. The maximum Gasteiger partial charge on any atom is 0.244 e. The summed E-state index contributed by atoms with van der Waals surface area (Å²) < 4.78 is 31.8. The van der Waals surface area contributed by atoms with Crippen molar-refractivity contribution in [1.29, 1.82) is 0 Å². The molecular weight excluding hydrogens is 561 g/mol. The summed E-state index contributed by atoms with van der Waals surface area (Å²) >= 11 is 18.9. The zero-order valence-corrected chi connectivity index (χ0v) is 23.9. The fourth-order valence-electron chi connectivity index (χ4n) is 4.28. The van der Waals surface area contributed by atoms with E-state index in [4.69, 9.17) is 39.5 Å². The van der Waals surface area contributed by atoms with Gasteiger partial charge in [0.1, 0.15) is 18.3 Å². The van der Waals surface area contributed by atoms with Crippen LogP contribution in [0, 0.1) is 0 Å². The number of halogens is 3. The van der Waals surface area contributed by atoms with Gasteiger partial charge >= 0.3 is 0 Å². The van der Waals surface area contributed by atoms with E-state index in [2.05, 4.69) is 5.32 Å². The second-order valence-corrected chi connectivity index (χ2v) is 12.1. The van der Waals surface area contributed by atoms with E-state index in [0.29, 0.717) is 15.6 Å². The van der Waals surface area contributed by atoms with Gasteiger partial charge < -0.3 is 15.0 Å². The van der Waals surface area contributed by atoms with E-state index in [9.17, 15) is 18.0 Å². The maximum atomic E-state index is 13.7. The summed E-state index contributed by atoms with van der Waals surface area (Å²) in [7, 11) is -2.57. The minimum absolute atomic E-state index is 0.0408. The van der Waals surface area contributed by atoms with Gasteiger partial charge in [0.2, 0.25) is 21.8 Å². The van der Waals surface area contributed by atoms with Gasteiger partial charge in [0.25, 0.3) is 0 Å². The van der Waals surface area contributed by atoms with Crippen LogP contribution in [-0.2, 0) is 26.2 Å². The number of sulfonamides is 1. The van der Waals surface area contributed by atoms with E-state index in [1.165, 1.54) is 24.1 Å². The van der Waals surface area contributed by atoms with Crippen LogP contribution in [-0.4, -0.2) is 57.1 Å². The number of nitrogens with zero attached hydrogens (tertiary/aromatic N) is 2. The largest absolute Gasteiger partial charge is 0.495 e. The lowest BCUT2D eigenvalue weighted by atomic mass is 10.1. The Balaban J connectivity index is 1.97. The quantitative estimate of drug-likeness (QED) is 0.425. The Hall–Kier alpha value is -2.20. The molecule has 0 unspecified atom stereocenters. The van der Waals surface area contributed by atoms with Crippen molar-refractivity contribution in [3.63, 3.8) is 0 Å². The number of benzene rings is 2. The number of carbonyl (C=O) groups is 2. The van der Waals surface area contributed by atoms with Crippen LogP contribution in [0.2, 0.25) is 15.1 Å². The topological polar surface area (TPSA) is 96.0 Å². The van der Waals surface area contributed by atoms with Crippen molar-refractivity contribution < 1.29 is 22.7 Å². The average molecular weight is 591 g/mol. The number of anilines is 1. The maximum absolute atomic E-state index is 13.7. The summed E-state index contributed by atoms with van der Waals surface area (Å²) in [6, 6.07) is 8.52. The Kier molecular flexibility index (Phi) is 9.97. The summed E-state index contributed by atoms with van der Waals surface area (Å²) in [6.07, 6.45) is 4.79. The molecule has 0 bridgehead atoms. The third-order valence-corrected chi connectivity index (χ3v) is 8.42. The third kappa shape index (κ3) is 7.44. The molecule has 0 radical (unpaired) electrons. The molecule has 1 saturated carbocycles. The molecule has 37 heavy (non-hydrogen) atoms. The van der Waals surface area contributed by atoms with Gasteiger partial charge in [0.05, 0.1) is 19.1 Å². The van der Waals surface area contributed by atoms with Crippen molar-refractivity contribution in [2.24, 2.45) is 0 Å². The second-order valence-electron chi connectivity index (χ2n) is 8.97. The van der Waals surface area contributed by atoms with Crippen LogP contribution >= 0.6 is 34.8 Å². The number of amides is 2. The first-order chi connectivity index (χ1) is 17.4. The molecule has 1 atom stereocenters. The highest BCUT2D eigenvalue weighted by molar-refractivity contribution is 7.92. The summed E-state index contributed by atoms with van der Waals surface area (Å²) in [5.74, 6) is -0.748.